The van der Waals surface area contributed by atoms with Crippen molar-refractivity contribution >= 4 is 0 Å². The van der Waals surface area contributed by atoms with Gasteiger partial charge in [-0.1, -0.05) is 27.7 Å². The van der Waals surface area contributed by atoms with E-state index in [2.05, 4.69) is 27.7 Å². The van der Waals surface area contributed by atoms with E-state index in [1.54, 1.807) is 0 Å². The maximum absolute atomic E-state index is 11.8. The van der Waals surface area contributed by atoms with Gasteiger partial charge >= 0.3 is 0 Å². The monoisotopic (exact) mass is 918 g/mol. The van der Waals surface area contributed by atoms with Crippen molar-refractivity contribution in [3.63, 3.8) is 0 Å². The third-order valence-electron chi connectivity index (χ3n) is 18.3. The van der Waals surface area contributed by atoms with Crippen LogP contribution in [0.25, 0.3) is 0 Å². The SMILES string of the molecule is C[C@H]1CC[C@@]2(OC1)O[C@H]1C[C@H]3[C@@H]4CC[C@H]5C[C@@H](O[C@@H]6O[C@H](CO[C@@H]7O[C@H](CO)[C@@H](O)[C@H](O)[C@H]7O[C@@H]7O[C@H](CO)[C@@H](O)[C@H](O)[C@H]7O)[C@@H](O)[C@H](O)[C@H]6O)[C@H](O)C[C@]5(C)[C@H]4CC[C@]3(C)[C@H]1[C@@H]2C. The second kappa shape index (κ2) is 18.2. The number of hydrogen-bond acceptors (Lipinski definition) is 19. The van der Waals surface area contributed by atoms with Crippen LogP contribution in [0, 0.1) is 52.3 Å². The van der Waals surface area contributed by atoms with Gasteiger partial charge in [-0.25, -0.2) is 0 Å². The summed E-state index contributed by atoms with van der Waals surface area (Å²) < 4.78 is 48.6. The molecule has 1 spiro atoms. The normalized spacial score (nSPS) is 58.6. The summed E-state index contributed by atoms with van der Waals surface area (Å²) in [5.41, 5.74) is 0.0147. The van der Waals surface area contributed by atoms with Gasteiger partial charge in [-0.2, -0.15) is 0 Å². The second-order valence-electron chi connectivity index (χ2n) is 21.7. The van der Waals surface area contributed by atoms with Crippen LogP contribution in [0.2, 0.25) is 0 Å². The number of fused-ring (bicyclic) bond motifs is 7. The van der Waals surface area contributed by atoms with E-state index >= 15 is 0 Å². The van der Waals surface area contributed by atoms with E-state index in [-0.39, 0.29) is 22.9 Å². The fraction of sp³-hybridized carbons (Fsp3) is 1.00. The minimum atomic E-state index is -1.88. The zero-order chi connectivity index (χ0) is 45.8. The van der Waals surface area contributed by atoms with E-state index in [0.29, 0.717) is 48.3 Å². The van der Waals surface area contributed by atoms with E-state index in [1.807, 2.05) is 0 Å². The Hall–Kier alpha value is -0.760. The largest absolute Gasteiger partial charge is 0.394 e. The molecule has 19 heteroatoms. The molecule has 368 valence electrons. The van der Waals surface area contributed by atoms with Crippen molar-refractivity contribution in [2.75, 3.05) is 26.4 Å². The van der Waals surface area contributed by atoms with Gasteiger partial charge in [-0.15, -0.1) is 0 Å². The number of rotatable bonds is 9. The van der Waals surface area contributed by atoms with Crippen LogP contribution in [-0.4, -0.2) is 199 Å². The lowest BCUT2D eigenvalue weighted by Gasteiger charge is -2.62. The Kier molecular flexibility index (Phi) is 13.7. The smallest absolute Gasteiger partial charge is 0.187 e. The van der Waals surface area contributed by atoms with Crippen molar-refractivity contribution in [1.82, 2.24) is 0 Å². The van der Waals surface area contributed by atoms with Crippen LogP contribution in [0.1, 0.15) is 85.5 Å². The standard InChI is InChI=1S/C45H74O19/c1-18-7-10-45(58-16-18)19(2)30-26(64-45)12-23-21-6-5-20-11-25(24(48)13-44(20,4)22(21)8-9-43(23,30)3)59-40-37(55)35(53)33(51)29(62-40)17-57-42-39(36(54)32(50)28(15-47)61-42)63-41-38(56)34(52)31(49)27(14-46)60-41/h18-42,46-56H,5-17H2,1-4H3/t18-,19-,20-,21+,22-,23-,24+,25+,26-,27+,28+,29+,30-,31+,32+,33+,34-,35-,36-,37+,38+,39+,40+,41-,42+,43-,44-,45+/m0/s1. The van der Waals surface area contributed by atoms with Gasteiger partial charge in [-0.05, 0) is 97.7 Å². The molecule has 0 aromatic heterocycles. The molecule has 4 aliphatic carbocycles. The van der Waals surface area contributed by atoms with E-state index in [9.17, 15) is 56.2 Å². The van der Waals surface area contributed by atoms with Gasteiger partial charge in [0.2, 0.25) is 0 Å². The van der Waals surface area contributed by atoms with Crippen molar-refractivity contribution in [3.8, 4) is 0 Å². The molecule has 28 atom stereocenters. The third kappa shape index (κ3) is 7.95. The minimum absolute atomic E-state index is 0.144. The quantitative estimate of drug-likeness (QED) is 0.114. The summed E-state index contributed by atoms with van der Waals surface area (Å²) in [4.78, 5) is 0. The Balaban J connectivity index is 0.840. The van der Waals surface area contributed by atoms with Crippen molar-refractivity contribution in [1.29, 1.82) is 0 Å². The summed E-state index contributed by atoms with van der Waals surface area (Å²) >= 11 is 0. The first-order chi connectivity index (χ1) is 30.3. The van der Waals surface area contributed by atoms with Gasteiger partial charge in [0, 0.05) is 12.3 Å². The first kappa shape index (κ1) is 48.3. The molecule has 9 rings (SSSR count). The summed E-state index contributed by atoms with van der Waals surface area (Å²) in [6.07, 6.45) is -18.0. The molecule has 11 N–H and O–H groups in total. The lowest BCUT2D eigenvalue weighted by molar-refractivity contribution is -0.374. The zero-order valence-electron chi connectivity index (χ0n) is 37.3. The van der Waals surface area contributed by atoms with Crippen LogP contribution in [0.15, 0.2) is 0 Å². The number of hydrogen-bond donors (Lipinski definition) is 11. The maximum Gasteiger partial charge on any atom is 0.187 e. The predicted octanol–water partition coefficient (Wildman–Crippen LogP) is -1.76. The van der Waals surface area contributed by atoms with Crippen molar-refractivity contribution in [2.45, 2.75) is 202 Å². The number of aliphatic hydroxyl groups excluding tert-OH is 11. The second-order valence-corrected chi connectivity index (χ2v) is 21.7. The molecule has 4 saturated carbocycles. The molecule has 0 aromatic carbocycles. The molecule has 5 aliphatic heterocycles. The average molecular weight is 919 g/mol. The van der Waals surface area contributed by atoms with Crippen molar-refractivity contribution < 1.29 is 94.1 Å². The van der Waals surface area contributed by atoms with Crippen LogP contribution in [0.5, 0.6) is 0 Å². The maximum atomic E-state index is 11.8. The van der Waals surface area contributed by atoms with Crippen molar-refractivity contribution in [3.05, 3.63) is 0 Å². The highest BCUT2D eigenvalue weighted by atomic mass is 16.8. The number of ether oxygens (including phenoxy) is 8. The van der Waals surface area contributed by atoms with Gasteiger partial charge in [0.1, 0.15) is 73.2 Å². The fourth-order valence-electron chi connectivity index (χ4n) is 14.6. The van der Waals surface area contributed by atoms with E-state index < -0.39 is 130 Å². The molecule has 5 saturated heterocycles. The first-order valence-electron chi connectivity index (χ1n) is 23.9. The van der Waals surface area contributed by atoms with Crippen LogP contribution in [0.4, 0.5) is 0 Å². The van der Waals surface area contributed by atoms with Gasteiger partial charge in [0.15, 0.2) is 24.7 Å². The molecule has 0 radical (unpaired) electrons. The average Bonchev–Trinajstić information content (AvgIpc) is 3.72. The Morgan fingerprint density at radius 1 is 0.609 bits per heavy atom. The van der Waals surface area contributed by atoms with Gasteiger partial charge < -0.3 is 94.1 Å². The van der Waals surface area contributed by atoms with E-state index in [1.165, 1.54) is 0 Å². The molecule has 0 unspecified atom stereocenters. The Morgan fingerprint density at radius 3 is 1.89 bits per heavy atom. The number of aliphatic hydroxyl groups is 11. The minimum Gasteiger partial charge on any atom is -0.394 e. The van der Waals surface area contributed by atoms with E-state index in [0.717, 1.165) is 51.6 Å². The lowest BCUT2D eigenvalue weighted by atomic mass is 9.44. The highest BCUT2D eigenvalue weighted by Crippen LogP contribution is 2.71. The highest BCUT2D eigenvalue weighted by Gasteiger charge is 2.69. The Morgan fingerprint density at radius 2 is 1.23 bits per heavy atom. The summed E-state index contributed by atoms with van der Waals surface area (Å²) in [5.74, 6) is 2.57. The molecule has 64 heavy (non-hydrogen) atoms. The van der Waals surface area contributed by atoms with Crippen LogP contribution >= 0.6 is 0 Å². The molecule has 0 bridgehead atoms. The molecular formula is C45H74O19. The van der Waals surface area contributed by atoms with Crippen LogP contribution < -0.4 is 0 Å². The summed E-state index contributed by atoms with van der Waals surface area (Å²) in [7, 11) is 0. The predicted molar refractivity (Wildman–Crippen MR) is 217 cm³/mol. The third-order valence-corrected chi connectivity index (χ3v) is 18.3. The molecule has 0 amide bonds. The van der Waals surface area contributed by atoms with Crippen LogP contribution in [-0.2, 0) is 37.9 Å². The van der Waals surface area contributed by atoms with Gasteiger partial charge in [0.05, 0.1) is 44.7 Å². The topological polar surface area (TPSA) is 296 Å². The fourth-order valence-corrected chi connectivity index (χ4v) is 14.6. The highest BCUT2D eigenvalue weighted by molar-refractivity contribution is 5.16. The molecule has 19 nitrogen and oxygen atoms in total. The molecule has 9 fully saturated rings. The first-order valence-corrected chi connectivity index (χ1v) is 23.9. The Labute approximate surface area is 373 Å². The molecule has 0 aromatic rings. The molecule has 9 aliphatic rings. The Bertz CT molecular complexity index is 1600. The van der Waals surface area contributed by atoms with Crippen molar-refractivity contribution in [2.24, 2.45) is 52.3 Å². The molecule has 5 heterocycles. The zero-order valence-corrected chi connectivity index (χ0v) is 37.3. The summed E-state index contributed by atoms with van der Waals surface area (Å²) in [6, 6.07) is 0. The van der Waals surface area contributed by atoms with E-state index in [4.69, 9.17) is 37.9 Å². The lowest BCUT2D eigenvalue weighted by Crippen LogP contribution is -2.65. The van der Waals surface area contributed by atoms with Gasteiger partial charge in [-0.3, -0.25) is 0 Å². The molecular weight excluding hydrogens is 844 g/mol. The van der Waals surface area contributed by atoms with Gasteiger partial charge in [0.25, 0.3) is 0 Å². The summed E-state index contributed by atoms with van der Waals surface area (Å²) in [5, 5.41) is 117. The summed E-state index contributed by atoms with van der Waals surface area (Å²) in [6.45, 7) is 8.09. The van der Waals surface area contributed by atoms with Crippen LogP contribution in [0.3, 0.4) is 0 Å².